The van der Waals surface area contributed by atoms with Crippen molar-refractivity contribution in [2.75, 3.05) is 5.32 Å². The van der Waals surface area contributed by atoms with E-state index in [2.05, 4.69) is 10.3 Å². The lowest BCUT2D eigenvalue weighted by Crippen LogP contribution is -2.25. The Morgan fingerprint density at radius 3 is 2.49 bits per heavy atom. The van der Waals surface area contributed by atoms with Gasteiger partial charge in [-0.05, 0) is 42.3 Å². The van der Waals surface area contributed by atoms with E-state index in [1.807, 2.05) is 90.8 Å². The molecule has 2 heterocycles. The number of nitrogens with zero attached hydrogens (tertiary/aromatic N) is 3. The van der Waals surface area contributed by atoms with Gasteiger partial charge in [0.2, 0.25) is 5.91 Å². The van der Waals surface area contributed by atoms with E-state index in [9.17, 15) is 9.59 Å². The Bertz CT molecular complexity index is 1310. The molecule has 3 aromatic rings. The molecule has 0 fully saturated rings. The topological polar surface area (TPSA) is 74.1 Å². The van der Waals surface area contributed by atoms with Crippen molar-refractivity contribution in [3.8, 4) is 0 Å². The maximum Gasteiger partial charge on any atom is 0.262 e. The SMILES string of the molecule is Cc1ccc(NC(=O)C[C@@H]2SC(N3N=C(c4ccccc4)C[C@@H]3c3ccc(Cl)cc3)=NC2=O)cc1. The third kappa shape index (κ3) is 5.31. The summed E-state index contributed by atoms with van der Waals surface area (Å²) in [5, 5.41) is 10.1. The van der Waals surface area contributed by atoms with Crippen LogP contribution in [0.2, 0.25) is 5.02 Å². The summed E-state index contributed by atoms with van der Waals surface area (Å²) in [7, 11) is 0. The fourth-order valence-electron chi connectivity index (χ4n) is 4.06. The molecule has 5 rings (SSSR count). The molecule has 0 spiro atoms. The van der Waals surface area contributed by atoms with Gasteiger partial charge in [0.25, 0.3) is 5.91 Å². The van der Waals surface area contributed by atoms with Gasteiger partial charge >= 0.3 is 0 Å². The summed E-state index contributed by atoms with van der Waals surface area (Å²) in [6.45, 7) is 1.99. The number of hydrazone groups is 1. The molecule has 0 aliphatic carbocycles. The number of rotatable bonds is 5. The minimum Gasteiger partial charge on any atom is -0.326 e. The summed E-state index contributed by atoms with van der Waals surface area (Å²) >= 11 is 7.39. The standard InChI is InChI=1S/C27H23ClN4O2S/c1-17-7-13-21(14-8-17)29-25(33)16-24-26(34)30-27(35-24)32-23(19-9-11-20(28)12-10-19)15-22(31-32)18-5-3-2-4-6-18/h2-14,23-24H,15-16H2,1H3,(H,29,33)/t23-,24+/m1/s1. The first kappa shape index (κ1) is 23.3. The molecule has 2 aliphatic rings. The number of benzene rings is 3. The van der Waals surface area contributed by atoms with Crippen molar-refractivity contribution in [2.24, 2.45) is 10.1 Å². The van der Waals surface area contributed by atoms with Crippen LogP contribution in [0.4, 0.5) is 5.69 Å². The number of hydrogen-bond donors (Lipinski definition) is 1. The summed E-state index contributed by atoms with van der Waals surface area (Å²) in [6, 6.07) is 25.0. The highest BCUT2D eigenvalue weighted by molar-refractivity contribution is 8.15. The lowest BCUT2D eigenvalue weighted by atomic mass is 9.99. The molecule has 2 aliphatic heterocycles. The summed E-state index contributed by atoms with van der Waals surface area (Å²) in [5.74, 6) is -0.539. The van der Waals surface area contributed by atoms with E-state index in [4.69, 9.17) is 16.7 Å². The Hall–Kier alpha value is -3.42. The van der Waals surface area contributed by atoms with E-state index in [0.29, 0.717) is 22.3 Å². The smallest absolute Gasteiger partial charge is 0.262 e. The molecule has 3 aromatic carbocycles. The van der Waals surface area contributed by atoms with Crippen LogP contribution in [0.25, 0.3) is 0 Å². The van der Waals surface area contributed by atoms with Crippen LogP contribution in [0.15, 0.2) is 89.0 Å². The second-order valence-electron chi connectivity index (χ2n) is 8.49. The molecule has 176 valence electrons. The third-order valence-corrected chi connectivity index (χ3v) is 7.30. The van der Waals surface area contributed by atoms with Crippen LogP contribution in [-0.4, -0.2) is 33.0 Å². The molecule has 0 saturated carbocycles. The Morgan fingerprint density at radius 2 is 1.77 bits per heavy atom. The van der Waals surface area contributed by atoms with Crippen LogP contribution in [0.5, 0.6) is 0 Å². The van der Waals surface area contributed by atoms with Gasteiger partial charge in [0.15, 0.2) is 5.17 Å². The second kappa shape index (κ2) is 10.1. The molecule has 2 amide bonds. The highest BCUT2D eigenvalue weighted by Gasteiger charge is 2.39. The Morgan fingerprint density at radius 1 is 1.06 bits per heavy atom. The minimum absolute atomic E-state index is 0.0408. The summed E-state index contributed by atoms with van der Waals surface area (Å²) in [4.78, 5) is 29.6. The highest BCUT2D eigenvalue weighted by Crippen LogP contribution is 2.38. The second-order valence-corrected chi connectivity index (χ2v) is 10.1. The van der Waals surface area contributed by atoms with Gasteiger partial charge in [-0.25, -0.2) is 5.01 Å². The van der Waals surface area contributed by atoms with Crippen LogP contribution >= 0.6 is 23.4 Å². The number of carbonyl (C=O) groups is 2. The van der Waals surface area contributed by atoms with Crippen molar-refractivity contribution >= 4 is 51.7 Å². The fraction of sp³-hybridized carbons (Fsp3) is 0.185. The van der Waals surface area contributed by atoms with Crippen molar-refractivity contribution in [1.29, 1.82) is 0 Å². The molecular weight excluding hydrogens is 480 g/mol. The van der Waals surface area contributed by atoms with Gasteiger partial charge in [-0.2, -0.15) is 10.1 Å². The number of anilines is 1. The normalized spacial score (nSPS) is 19.5. The number of halogens is 1. The summed E-state index contributed by atoms with van der Waals surface area (Å²) in [5.41, 5.74) is 4.79. The van der Waals surface area contributed by atoms with Gasteiger partial charge in [0.05, 0.1) is 11.8 Å². The monoisotopic (exact) mass is 502 g/mol. The predicted octanol–water partition coefficient (Wildman–Crippen LogP) is 5.83. The molecule has 0 bridgehead atoms. The zero-order chi connectivity index (χ0) is 24.4. The number of amidine groups is 1. The molecular formula is C27H23ClN4O2S. The zero-order valence-electron chi connectivity index (χ0n) is 19.0. The van der Waals surface area contributed by atoms with E-state index < -0.39 is 5.25 Å². The first-order valence-corrected chi connectivity index (χ1v) is 12.6. The number of thioether (sulfide) groups is 1. The number of hydrogen-bond acceptors (Lipinski definition) is 5. The Labute approximate surface area is 213 Å². The van der Waals surface area contributed by atoms with Crippen LogP contribution in [-0.2, 0) is 9.59 Å². The molecule has 0 aromatic heterocycles. The van der Waals surface area contributed by atoms with E-state index >= 15 is 0 Å². The molecule has 2 atom stereocenters. The molecule has 0 saturated heterocycles. The fourth-order valence-corrected chi connectivity index (χ4v) is 5.25. The zero-order valence-corrected chi connectivity index (χ0v) is 20.6. The van der Waals surface area contributed by atoms with Crippen LogP contribution in [0.1, 0.15) is 35.6 Å². The lowest BCUT2D eigenvalue weighted by molar-refractivity contribution is -0.121. The maximum atomic E-state index is 12.7. The molecule has 6 nitrogen and oxygen atoms in total. The molecule has 1 N–H and O–H groups in total. The molecule has 0 unspecified atom stereocenters. The van der Waals surface area contributed by atoms with Gasteiger partial charge in [0.1, 0.15) is 5.25 Å². The van der Waals surface area contributed by atoms with Gasteiger partial charge < -0.3 is 5.32 Å². The van der Waals surface area contributed by atoms with Gasteiger partial charge in [-0.1, -0.05) is 83.5 Å². The largest absolute Gasteiger partial charge is 0.326 e. The maximum absolute atomic E-state index is 12.7. The van der Waals surface area contributed by atoms with Crippen LogP contribution in [0.3, 0.4) is 0 Å². The van der Waals surface area contributed by atoms with Crippen molar-refractivity contribution in [3.63, 3.8) is 0 Å². The highest BCUT2D eigenvalue weighted by atomic mass is 35.5. The number of carbonyl (C=O) groups excluding carboxylic acids is 2. The van der Waals surface area contributed by atoms with E-state index in [1.54, 1.807) is 0 Å². The lowest BCUT2D eigenvalue weighted by Gasteiger charge is -2.23. The first-order valence-electron chi connectivity index (χ1n) is 11.3. The molecule has 0 radical (unpaired) electrons. The van der Waals surface area contributed by atoms with Crippen molar-refractivity contribution in [2.45, 2.75) is 31.1 Å². The average molecular weight is 503 g/mol. The Balaban J connectivity index is 1.34. The van der Waals surface area contributed by atoms with E-state index in [-0.39, 0.29) is 24.3 Å². The number of nitrogens with one attached hydrogen (secondary N) is 1. The van der Waals surface area contributed by atoms with Gasteiger partial charge in [-0.3, -0.25) is 9.59 Å². The van der Waals surface area contributed by atoms with E-state index in [1.165, 1.54) is 11.8 Å². The van der Waals surface area contributed by atoms with Crippen molar-refractivity contribution < 1.29 is 9.59 Å². The number of aliphatic imine (C=N–C) groups is 1. The third-order valence-electron chi connectivity index (χ3n) is 5.90. The van der Waals surface area contributed by atoms with E-state index in [0.717, 1.165) is 22.4 Å². The van der Waals surface area contributed by atoms with Crippen LogP contribution in [0, 0.1) is 6.92 Å². The minimum atomic E-state index is -0.586. The van der Waals surface area contributed by atoms with Gasteiger partial charge in [0, 0.05) is 23.6 Å². The summed E-state index contributed by atoms with van der Waals surface area (Å²) in [6.07, 6.45) is 0.705. The first-order chi connectivity index (χ1) is 17.0. The van der Waals surface area contributed by atoms with Gasteiger partial charge in [-0.15, -0.1) is 0 Å². The van der Waals surface area contributed by atoms with Crippen molar-refractivity contribution in [1.82, 2.24) is 5.01 Å². The number of amides is 2. The quantitative estimate of drug-likeness (QED) is 0.476. The van der Waals surface area contributed by atoms with Crippen LogP contribution < -0.4 is 5.32 Å². The Kier molecular flexibility index (Phi) is 6.70. The predicted molar refractivity (Wildman–Crippen MR) is 142 cm³/mol. The van der Waals surface area contributed by atoms with Crippen molar-refractivity contribution in [3.05, 3.63) is 101 Å². The molecule has 8 heteroatoms. The summed E-state index contributed by atoms with van der Waals surface area (Å²) < 4.78 is 0. The molecule has 35 heavy (non-hydrogen) atoms. The average Bonchev–Trinajstić information content (AvgIpc) is 3.46. The number of aryl methyl sites for hydroxylation is 1.